The van der Waals surface area contributed by atoms with E-state index in [9.17, 15) is 9.59 Å². The molecule has 0 bridgehead atoms. The van der Waals surface area contributed by atoms with Crippen molar-refractivity contribution in [1.29, 1.82) is 0 Å². The smallest absolute Gasteiger partial charge is 0.305 e. The van der Waals surface area contributed by atoms with Gasteiger partial charge in [0.25, 0.3) is 0 Å². The molecule has 4 heteroatoms. The van der Waals surface area contributed by atoms with Crippen molar-refractivity contribution in [3.05, 3.63) is 34.3 Å². The predicted octanol–water partition coefficient (Wildman–Crippen LogP) is 2.71. The van der Waals surface area contributed by atoms with E-state index in [1.807, 2.05) is 19.1 Å². The first-order valence-electron chi connectivity index (χ1n) is 5.36. The minimum absolute atomic E-state index is 0.00956. The topological polar surface area (TPSA) is 43.4 Å². The fraction of sp³-hybridized carbons (Fsp3) is 0.385. The summed E-state index contributed by atoms with van der Waals surface area (Å²) >= 11 is 5.96. The van der Waals surface area contributed by atoms with E-state index < -0.39 is 0 Å². The lowest BCUT2D eigenvalue weighted by atomic mass is 10.0. The van der Waals surface area contributed by atoms with Gasteiger partial charge in [-0.15, -0.1) is 0 Å². The van der Waals surface area contributed by atoms with Gasteiger partial charge in [-0.1, -0.05) is 23.7 Å². The van der Waals surface area contributed by atoms with Gasteiger partial charge in [-0.05, 0) is 24.1 Å². The number of Topliss-reactive ketones (excluding diaryl/α,β-unsaturated/α-hetero) is 1. The van der Waals surface area contributed by atoms with E-state index in [-0.39, 0.29) is 24.6 Å². The third-order valence-electron chi connectivity index (χ3n) is 2.47. The van der Waals surface area contributed by atoms with E-state index in [4.69, 9.17) is 11.6 Å². The van der Waals surface area contributed by atoms with Gasteiger partial charge in [-0.25, -0.2) is 0 Å². The molecule has 3 nitrogen and oxygen atoms in total. The maximum absolute atomic E-state index is 11.6. The summed E-state index contributed by atoms with van der Waals surface area (Å²) in [5.74, 6) is -0.351. The highest BCUT2D eigenvalue weighted by Gasteiger charge is 2.08. The molecular weight excluding hydrogens is 240 g/mol. The molecular formula is C13H15ClO3. The molecule has 0 aliphatic carbocycles. The normalized spacial score (nSPS) is 10.1. The first kappa shape index (κ1) is 13.7. The van der Waals surface area contributed by atoms with E-state index in [1.165, 1.54) is 7.11 Å². The molecule has 0 atom stereocenters. The van der Waals surface area contributed by atoms with Gasteiger partial charge < -0.3 is 4.74 Å². The number of methoxy groups -OCH3 is 1. The van der Waals surface area contributed by atoms with Crippen LogP contribution in [-0.2, 0) is 20.7 Å². The fourth-order valence-electron chi connectivity index (χ4n) is 1.41. The minimum atomic E-state index is -0.361. The van der Waals surface area contributed by atoms with E-state index in [0.29, 0.717) is 11.4 Å². The molecule has 0 heterocycles. The molecule has 0 amide bonds. The van der Waals surface area contributed by atoms with Gasteiger partial charge in [0, 0.05) is 17.9 Å². The van der Waals surface area contributed by atoms with Crippen molar-refractivity contribution in [2.24, 2.45) is 0 Å². The van der Waals surface area contributed by atoms with Crippen molar-refractivity contribution in [3.8, 4) is 0 Å². The van der Waals surface area contributed by atoms with Crippen LogP contribution in [0, 0.1) is 6.92 Å². The van der Waals surface area contributed by atoms with E-state index in [1.54, 1.807) is 6.07 Å². The summed E-state index contributed by atoms with van der Waals surface area (Å²) in [5.41, 5.74) is 1.85. The Kier molecular flexibility index (Phi) is 5.16. The number of aryl methyl sites for hydroxylation is 1. The van der Waals surface area contributed by atoms with Crippen molar-refractivity contribution in [2.45, 2.75) is 26.2 Å². The lowest BCUT2D eigenvalue weighted by molar-refractivity contribution is -0.141. The molecule has 1 rings (SSSR count). The Labute approximate surface area is 106 Å². The molecule has 17 heavy (non-hydrogen) atoms. The average Bonchev–Trinajstić information content (AvgIpc) is 2.31. The van der Waals surface area contributed by atoms with Crippen LogP contribution < -0.4 is 0 Å². The molecule has 0 unspecified atom stereocenters. The monoisotopic (exact) mass is 254 g/mol. The Bertz CT molecular complexity index is 427. The van der Waals surface area contributed by atoms with Crippen LogP contribution in [0.15, 0.2) is 18.2 Å². The second-order valence-corrected chi connectivity index (χ2v) is 4.28. The zero-order chi connectivity index (χ0) is 12.8. The summed E-state index contributed by atoms with van der Waals surface area (Å²) in [6, 6.07) is 5.54. The molecule has 0 saturated carbocycles. The van der Waals surface area contributed by atoms with Crippen LogP contribution in [0.5, 0.6) is 0 Å². The van der Waals surface area contributed by atoms with Crippen molar-refractivity contribution in [3.63, 3.8) is 0 Å². The number of ether oxygens (including phenoxy) is 1. The fourth-order valence-corrected chi connectivity index (χ4v) is 1.61. The SMILES string of the molecule is COC(=O)CCC(=O)Cc1ccc(C)c(Cl)c1. The summed E-state index contributed by atoms with van der Waals surface area (Å²) in [6.45, 7) is 1.91. The van der Waals surface area contributed by atoms with Crippen molar-refractivity contribution in [1.82, 2.24) is 0 Å². The molecule has 0 spiro atoms. The number of hydrogen-bond acceptors (Lipinski definition) is 3. The number of carbonyl (C=O) groups is 2. The molecule has 0 radical (unpaired) electrons. The third kappa shape index (κ3) is 4.57. The summed E-state index contributed by atoms with van der Waals surface area (Å²) in [5, 5.41) is 0.656. The second-order valence-electron chi connectivity index (χ2n) is 3.88. The van der Waals surface area contributed by atoms with Crippen molar-refractivity contribution >= 4 is 23.4 Å². The first-order chi connectivity index (χ1) is 8.02. The molecule has 0 aliphatic rings. The van der Waals surface area contributed by atoms with Crippen LogP contribution in [0.25, 0.3) is 0 Å². The predicted molar refractivity (Wildman–Crippen MR) is 66.2 cm³/mol. The van der Waals surface area contributed by atoms with Gasteiger partial charge in [-0.2, -0.15) is 0 Å². The lowest BCUT2D eigenvalue weighted by Gasteiger charge is -2.03. The van der Waals surface area contributed by atoms with Crippen molar-refractivity contribution in [2.75, 3.05) is 7.11 Å². The van der Waals surface area contributed by atoms with Crippen LogP contribution >= 0.6 is 11.6 Å². The number of esters is 1. The van der Waals surface area contributed by atoms with Crippen LogP contribution in [0.3, 0.4) is 0 Å². The molecule has 92 valence electrons. The number of benzene rings is 1. The maximum Gasteiger partial charge on any atom is 0.305 e. The van der Waals surface area contributed by atoms with Crippen LogP contribution in [0.1, 0.15) is 24.0 Å². The van der Waals surface area contributed by atoms with Crippen LogP contribution in [0.4, 0.5) is 0 Å². The first-order valence-corrected chi connectivity index (χ1v) is 5.74. The lowest BCUT2D eigenvalue weighted by Crippen LogP contribution is -2.07. The minimum Gasteiger partial charge on any atom is -0.469 e. The highest BCUT2D eigenvalue weighted by molar-refractivity contribution is 6.31. The van der Waals surface area contributed by atoms with Crippen LogP contribution in [0.2, 0.25) is 5.02 Å². The quantitative estimate of drug-likeness (QED) is 0.759. The molecule has 0 aromatic heterocycles. The largest absolute Gasteiger partial charge is 0.469 e. The number of rotatable bonds is 5. The van der Waals surface area contributed by atoms with E-state index in [0.717, 1.165) is 11.1 Å². The molecule has 0 fully saturated rings. The maximum atomic E-state index is 11.6. The third-order valence-corrected chi connectivity index (χ3v) is 2.88. The zero-order valence-electron chi connectivity index (χ0n) is 9.96. The molecule has 0 aliphatic heterocycles. The number of carbonyl (C=O) groups excluding carboxylic acids is 2. The summed E-state index contributed by atoms with van der Waals surface area (Å²) in [7, 11) is 1.31. The van der Waals surface area contributed by atoms with E-state index in [2.05, 4.69) is 4.74 Å². The van der Waals surface area contributed by atoms with Gasteiger partial charge in [0.05, 0.1) is 13.5 Å². The highest BCUT2D eigenvalue weighted by Crippen LogP contribution is 2.17. The van der Waals surface area contributed by atoms with E-state index >= 15 is 0 Å². The van der Waals surface area contributed by atoms with Crippen molar-refractivity contribution < 1.29 is 14.3 Å². The average molecular weight is 255 g/mol. The van der Waals surface area contributed by atoms with Gasteiger partial charge in [0.1, 0.15) is 5.78 Å². The van der Waals surface area contributed by atoms with Gasteiger partial charge in [0.15, 0.2) is 0 Å². The van der Waals surface area contributed by atoms with Gasteiger partial charge in [0.2, 0.25) is 0 Å². The highest BCUT2D eigenvalue weighted by atomic mass is 35.5. The second kappa shape index (κ2) is 6.40. The molecule has 1 aromatic carbocycles. The van der Waals surface area contributed by atoms with Crippen LogP contribution in [-0.4, -0.2) is 18.9 Å². The molecule has 1 aromatic rings. The summed E-state index contributed by atoms with van der Waals surface area (Å²) in [6.07, 6.45) is 0.643. The zero-order valence-corrected chi connectivity index (χ0v) is 10.7. The Morgan fingerprint density at radius 2 is 2.00 bits per heavy atom. The molecule has 0 N–H and O–H groups in total. The Morgan fingerprint density at radius 3 is 2.59 bits per heavy atom. The number of hydrogen-bond donors (Lipinski definition) is 0. The Balaban J connectivity index is 2.50. The van der Waals surface area contributed by atoms with Gasteiger partial charge in [-0.3, -0.25) is 9.59 Å². The Hall–Kier alpha value is -1.35. The summed E-state index contributed by atoms with van der Waals surface area (Å²) in [4.78, 5) is 22.5. The molecule has 0 saturated heterocycles. The number of halogens is 1. The Morgan fingerprint density at radius 1 is 1.29 bits per heavy atom. The number of ketones is 1. The standard InChI is InChI=1S/C13H15ClO3/c1-9-3-4-10(8-12(9)14)7-11(15)5-6-13(16)17-2/h3-4,8H,5-7H2,1-2H3. The van der Waals surface area contributed by atoms with Gasteiger partial charge >= 0.3 is 5.97 Å². The summed E-state index contributed by atoms with van der Waals surface area (Å²) < 4.78 is 4.47.